The summed E-state index contributed by atoms with van der Waals surface area (Å²) in [5, 5.41) is 6.14. The average molecular weight is 338 g/mol. The predicted octanol–water partition coefficient (Wildman–Crippen LogP) is 3.59. The number of hydrogen-bond acceptors (Lipinski definition) is 2. The lowest BCUT2D eigenvalue weighted by atomic mass is 9.51. The number of carbonyl (C=O) groups is 2. The molecule has 4 heteroatoms. The highest BCUT2D eigenvalue weighted by Crippen LogP contribution is 2.56. The van der Waals surface area contributed by atoms with Gasteiger partial charge in [0, 0.05) is 12.0 Å². The molecule has 0 unspecified atom stereocenters. The molecular formula is C21H26N2O2. The maximum absolute atomic E-state index is 13.1. The van der Waals surface area contributed by atoms with Crippen molar-refractivity contribution in [2.24, 2.45) is 29.6 Å². The molecule has 1 aromatic rings. The molecule has 0 heterocycles. The number of rotatable bonds is 4. The quantitative estimate of drug-likeness (QED) is 0.881. The lowest BCUT2D eigenvalue weighted by Crippen LogP contribution is -2.49. The summed E-state index contributed by atoms with van der Waals surface area (Å²) in [5.41, 5.74) is 1.26. The summed E-state index contributed by atoms with van der Waals surface area (Å²) in [6.45, 7) is 0. The minimum Gasteiger partial charge on any atom is -0.349 e. The van der Waals surface area contributed by atoms with E-state index in [4.69, 9.17) is 0 Å². The van der Waals surface area contributed by atoms with Gasteiger partial charge in [-0.3, -0.25) is 9.59 Å². The topological polar surface area (TPSA) is 58.2 Å². The molecule has 2 N–H and O–H groups in total. The van der Waals surface area contributed by atoms with Crippen LogP contribution >= 0.6 is 0 Å². The summed E-state index contributed by atoms with van der Waals surface area (Å²) >= 11 is 0. The van der Waals surface area contributed by atoms with Crippen LogP contribution in [0.1, 0.15) is 55.3 Å². The molecular weight excluding hydrogens is 312 g/mol. The third-order valence-electron chi connectivity index (χ3n) is 6.87. The van der Waals surface area contributed by atoms with Gasteiger partial charge in [0.2, 0.25) is 5.91 Å². The second kappa shape index (κ2) is 5.86. The summed E-state index contributed by atoms with van der Waals surface area (Å²) in [7, 11) is 0. The maximum atomic E-state index is 13.1. The number of benzene rings is 1. The lowest BCUT2D eigenvalue weighted by Gasteiger charge is -2.53. The fourth-order valence-electron chi connectivity index (χ4n) is 5.85. The summed E-state index contributed by atoms with van der Waals surface area (Å²) in [6, 6.07) is 7.74. The van der Waals surface area contributed by atoms with Gasteiger partial charge in [0.25, 0.3) is 5.91 Å². The van der Waals surface area contributed by atoms with Gasteiger partial charge in [0.1, 0.15) is 0 Å². The Morgan fingerprint density at radius 3 is 2.16 bits per heavy atom. The standard InChI is InChI=1S/C21H26N2O2/c24-20(22-16-5-6-16)17-3-1-2-4-18(17)23-21(25)19-14-8-12-7-13(10-14)11-15(19)9-12/h1-4,12-16,19H,5-11H2,(H,22,24)(H,23,25). The van der Waals surface area contributed by atoms with E-state index in [1.54, 1.807) is 0 Å². The van der Waals surface area contributed by atoms with Crippen LogP contribution in [0.2, 0.25) is 0 Å². The Labute approximate surface area is 148 Å². The van der Waals surface area contributed by atoms with Gasteiger partial charge in [-0.1, -0.05) is 12.1 Å². The van der Waals surface area contributed by atoms with E-state index in [9.17, 15) is 9.59 Å². The predicted molar refractivity (Wildman–Crippen MR) is 96.1 cm³/mol. The van der Waals surface area contributed by atoms with Gasteiger partial charge in [0.05, 0.1) is 11.3 Å². The highest BCUT2D eigenvalue weighted by atomic mass is 16.2. The molecule has 5 saturated carbocycles. The minimum atomic E-state index is -0.0662. The number of hydrogen-bond donors (Lipinski definition) is 2. The van der Waals surface area contributed by atoms with E-state index in [0.717, 1.165) is 24.7 Å². The molecule has 0 aromatic heterocycles. The number of carbonyl (C=O) groups excluding carboxylic acids is 2. The van der Waals surface area contributed by atoms with Gasteiger partial charge >= 0.3 is 0 Å². The van der Waals surface area contributed by atoms with Crippen LogP contribution in [0.25, 0.3) is 0 Å². The molecule has 0 aliphatic heterocycles. The van der Waals surface area contributed by atoms with Crippen molar-refractivity contribution in [3.8, 4) is 0 Å². The number of para-hydroxylation sites is 1. The molecule has 0 spiro atoms. The largest absolute Gasteiger partial charge is 0.349 e. The first-order chi connectivity index (χ1) is 12.2. The molecule has 1 aromatic carbocycles. The van der Waals surface area contributed by atoms with E-state index >= 15 is 0 Å². The fourth-order valence-corrected chi connectivity index (χ4v) is 5.85. The van der Waals surface area contributed by atoms with Crippen molar-refractivity contribution in [1.29, 1.82) is 0 Å². The first kappa shape index (κ1) is 15.4. The number of anilines is 1. The molecule has 2 amide bonds. The first-order valence-corrected chi connectivity index (χ1v) is 9.88. The van der Waals surface area contributed by atoms with E-state index in [0.29, 0.717) is 29.1 Å². The summed E-state index contributed by atoms with van der Waals surface area (Å²) < 4.78 is 0. The molecule has 25 heavy (non-hydrogen) atoms. The first-order valence-electron chi connectivity index (χ1n) is 9.88. The Morgan fingerprint density at radius 2 is 1.52 bits per heavy atom. The molecule has 5 aliphatic rings. The summed E-state index contributed by atoms with van der Waals surface area (Å²) in [6.07, 6.45) is 8.45. The smallest absolute Gasteiger partial charge is 0.253 e. The van der Waals surface area contributed by atoms with Crippen molar-refractivity contribution < 1.29 is 9.59 Å². The van der Waals surface area contributed by atoms with Crippen LogP contribution < -0.4 is 10.6 Å². The van der Waals surface area contributed by atoms with E-state index in [1.165, 1.54) is 32.1 Å². The van der Waals surface area contributed by atoms with E-state index < -0.39 is 0 Å². The van der Waals surface area contributed by atoms with E-state index in [-0.39, 0.29) is 17.7 Å². The third-order valence-corrected chi connectivity index (χ3v) is 6.87. The molecule has 4 nitrogen and oxygen atoms in total. The molecule has 5 aliphatic carbocycles. The molecule has 6 rings (SSSR count). The Kier molecular flexibility index (Phi) is 3.61. The van der Waals surface area contributed by atoms with Gasteiger partial charge < -0.3 is 10.6 Å². The van der Waals surface area contributed by atoms with Gasteiger partial charge in [0.15, 0.2) is 0 Å². The van der Waals surface area contributed by atoms with E-state index in [1.807, 2.05) is 24.3 Å². The van der Waals surface area contributed by atoms with Crippen LogP contribution in [-0.2, 0) is 4.79 Å². The van der Waals surface area contributed by atoms with Crippen molar-refractivity contribution in [2.45, 2.75) is 51.0 Å². The third kappa shape index (κ3) is 2.86. The SMILES string of the molecule is O=C(NC1CC1)c1ccccc1NC(=O)C1C2CC3CC(C2)CC1C3. The van der Waals surface area contributed by atoms with Crippen molar-refractivity contribution in [1.82, 2.24) is 5.32 Å². The Balaban J connectivity index is 1.33. The zero-order valence-electron chi connectivity index (χ0n) is 14.5. The molecule has 5 fully saturated rings. The zero-order chi connectivity index (χ0) is 17.0. The molecule has 132 valence electrons. The number of amides is 2. The van der Waals surface area contributed by atoms with Crippen LogP contribution in [0.5, 0.6) is 0 Å². The fraction of sp³-hybridized carbons (Fsp3) is 0.619. The maximum Gasteiger partial charge on any atom is 0.253 e. The van der Waals surface area contributed by atoms with Crippen LogP contribution in [-0.4, -0.2) is 17.9 Å². The van der Waals surface area contributed by atoms with Gasteiger partial charge in [-0.25, -0.2) is 0 Å². The lowest BCUT2D eigenvalue weighted by molar-refractivity contribution is -0.132. The minimum absolute atomic E-state index is 0.0662. The second-order valence-electron chi connectivity index (χ2n) is 8.74. The highest BCUT2D eigenvalue weighted by molar-refractivity contribution is 6.04. The van der Waals surface area contributed by atoms with Crippen LogP contribution in [0.15, 0.2) is 24.3 Å². The summed E-state index contributed by atoms with van der Waals surface area (Å²) in [5.74, 6) is 3.06. The Hall–Kier alpha value is -1.84. The van der Waals surface area contributed by atoms with Crippen LogP contribution in [0.3, 0.4) is 0 Å². The van der Waals surface area contributed by atoms with Crippen LogP contribution in [0.4, 0.5) is 5.69 Å². The normalized spacial score (nSPS) is 35.4. The van der Waals surface area contributed by atoms with Gasteiger partial charge in [-0.2, -0.15) is 0 Å². The monoisotopic (exact) mass is 338 g/mol. The van der Waals surface area contributed by atoms with Gasteiger partial charge in [-0.05, 0) is 80.8 Å². The zero-order valence-corrected chi connectivity index (χ0v) is 14.5. The van der Waals surface area contributed by atoms with Crippen molar-refractivity contribution in [2.75, 3.05) is 5.32 Å². The molecule has 0 atom stereocenters. The van der Waals surface area contributed by atoms with Crippen molar-refractivity contribution in [3.63, 3.8) is 0 Å². The second-order valence-corrected chi connectivity index (χ2v) is 8.74. The van der Waals surface area contributed by atoms with Crippen molar-refractivity contribution in [3.05, 3.63) is 29.8 Å². The summed E-state index contributed by atoms with van der Waals surface area (Å²) in [4.78, 5) is 25.5. The average Bonchev–Trinajstić information content (AvgIpc) is 3.38. The number of nitrogens with one attached hydrogen (secondary N) is 2. The highest BCUT2D eigenvalue weighted by Gasteiger charge is 2.50. The Morgan fingerprint density at radius 1 is 0.880 bits per heavy atom. The van der Waals surface area contributed by atoms with Crippen LogP contribution in [0, 0.1) is 29.6 Å². The van der Waals surface area contributed by atoms with E-state index in [2.05, 4.69) is 10.6 Å². The Bertz CT molecular complexity index is 682. The molecule has 0 saturated heterocycles. The molecule has 4 bridgehead atoms. The van der Waals surface area contributed by atoms with Crippen molar-refractivity contribution >= 4 is 17.5 Å². The molecule has 0 radical (unpaired) electrons. The van der Waals surface area contributed by atoms with Gasteiger partial charge in [-0.15, -0.1) is 0 Å².